The second-order valence-electron chi connectivity index (χ2n) is 6.57. The van der Waals surface area contributed by atoms with Gasteiger partial charge in [-0.25, -0.2) is 0 Å². The van der Waals surface area contributed by atoms with E-state index in [9.17, 15) is 14.4 Å². The molecule has 1 atom stereocenters. The van der Waals surface area contributed by atoms with E-state index in [-0.39, 0.29) is 36.1 Å². The molecule has 2 fully saturated rings. The summed E-state index contributed by atoms with van der Waals surface area (Å²) in [5.41, 5.74) is 1.32. The third-order valence-electron chi connectivity index (χ3n) is 5.07. The Morgan fingerprint density at radius 2 is 2.08 bits per heavy atom. The number of likely N-dealkylation sites (tertiary alicyclic amines) is 2. The van der Waals surface area contributed by atoms with Gasteiger partial charge in [-0.3, -0.25) is 19.5 Å². The average molecular weight is 341 g/mol. The SMILES string of the molecule is CNC(=O)C1CC(=O)N(C2CN(C(=O)c3cccc4cn[nH]c34)C2)C1. The van der Waals surface area contributed by atoms with Crippen LogP contribution in [0, 0.1) is 5.92 Å². The Bertz CT molecular complexity index is 855. The number of rotatable bonds is 3. The number of benzene rings is 1. The van der Waals surface area contributed by atoms with Gasteiger partial charge in [-0.2, -0.15) is 5.10 Å². The highest BCUT2D eigenvalue weighted by molar-refractivity contribution is 6.05. The summed E-state index contributed by atoms with van der Waals surface area (Å²) in [5, 5.41) is 10.3. The van der Waals surface area contributed by atoms with Crippen LogP contribution in [0.3, 0.4) is 0 Å². The number of aromatic amines is 1. The number of hydrogen-bond donors (Lipinski definition) is 2. The van der Waals surface area contributed by atoms with E-state index in [2.05, 4.69) is 15.5 Å². The molecule has 8 heteroatoms. The number of fused-ring (bicyclic) bond motifs is 1. The lowest BCUT2D eigenvalue weighted by Crippen LogP contribution is -2.61. The number of carbonyl (C=O) groups is 3. The van der Waals surface area contributed by atoms with E-state index < -0.39 is 0 Å². The summed E-state index contributed by atoms with van der Waals surface area (Å²) >= 11 is 0. The molecule has 2 saturated heterocycles. The lowest BCUT2D eigenvalue weighted by atomic mass is 10.0. The number of aromatic nitrogens is 2. The summed E-state index contributed by atoms with van der Waals surface area (Å²) in [4.78, 5) is 40.1. The van der Waals surface area contributed by atoms with Gasteiger partial charge in [-0.05, 0) is 6.07 Å². The van der Waals surface area contributed by atoms with Crippen molar-refractivity contribution in [3.63, 3.8) is 0 Å². The minimum atomic E-state index is -0.291. The maximum absolute atomic E-state index is 12.7. The third kappa shape index (κ3) is 2.54. The summed E-state index contributed by atoms with van der Waals surface area (Å²) in [7, 11) is 1.58. The van der Waals surface area contributed by atoms with Crippen LogP contribution < -0.4 is 5.32 Å². The van der Waals surface area contributed by atoms with Crippen LogP contribution in [0.25, 0.3) is 10.9 Å². The highest BCUT2D eigenvalue weighted by atomic mass is 16.2. The van der Waals surface area contributed by atoms with Crippen molar-refractivity contribution in [2.24, 2.45) is 5.92 Å². The smallest absolute Gasteiger partial charge is 0.256 e. The van der Waals surface area contributed by atoms with Crippen LogP contribution in [0.5, 0.6) is 0 Å². The molecular weight excluding hydrogens is 322 g/mol. The van der Waals surface area contributed by atoms with Crippen molar-refractivity contribution < 1.29 is 14.4 Å². The molecule has 130 valence electrons. The fourth-order valence-electron chi connectivity index (χ4n) is 3.60. The molecule has 2 aliphatic rings. The fourth-order valence-corrected chi connectivity index (χ4v) is 3.60. The standard InChI is InChI=1S/C17H19N5O3/c1-18-16(24)11-5-14(23)22(7-11)12-8-21(9-12)17(25)13-4-2-3-10-6-19-20-15(10)13/h2-4,6,11-12H,5,7-9H2,1H3,(H,18,24)(H,19,20). The van der Waals surface area contributed by atoms with Crippen LogP contribution >= 0.6 is 0 Å². The average Bonchev–Trinajstić information content (AvgIpc) is 3.19. The highest BCUT2D eigenvalue weighted by Crippen LogP contribution is 2.27. The quantitative estimate of drug-likeness (QED) is 0.820. The third-order valence-corrected chi connectivity index (χ3v) is 5.07. The second-order valence-corrected chi connectivity index (χ2v) is 6.57. The van der Waals surface area contributed by atoms with Crippen LogP contribution in [-0.2, 0) is 9.59 Å². The van der Waals surface area contributed by atoms with Crippen molar-refractivity contribution >= 4 is 28.6 Å². The first kappa shape index (κ1) is 15.6. The summed E-state index contributed by atoms with van der Waals surface area (Å²) in [5.74, 6) is -0.475. The summed E-state index contributed by atoms with van der Waals surface area (Å²) in [6, 6.07) is 5.50. The van der Waals surface area contributed by atoms with Gasteiger partial charge in [0.1, 0.15) is 0 Å². The number of hydrogen-bond acceptors (Lipinski definition) is 4. The van der Waals surface area contributed by atoms with Gasteiger partial charge in [0.15, 0.2) is 0 Å². The minimum absolute atomic E-state index is 0.00734. The monoisotopic (exact) mass is 341 g/mol. The second kappa shape index (κ2) is 5.87. The first-order valence-electron chi connectivity index (χ1n) is 8.31. The Kier molecular flexibility index (Phi) is 3.67. The molecule has 1 aromatic heterocycles. The number of H-pyrrole nitrogens is 1. The van der Waals surface area contributed by atoms with Crippen molar-refractivity contribution in [3.8, 4) is 0 Å². The zero-order valence-corrected chi connectivity index (χ0v) is 13.9. The molecule has 1 unspecified atom stereocenters. The fraction of sp³-hybridized carbons (Fsp3) is 0.412. The van der Waals surface area contributed by atoms with Gasteiger partial charge in [-0.15, -0.1) is 0 Å². The normalized spacial score (nSPS) is 20.8. The molecule has 0 aliphatic carbocycles. The van der Waals surface area contributed by atoms with Crippen molar-refractivity contribution in [1.29, 1.82) is 0 Å². The Morgan fingerprint density at radius 1 is 1.28 bits per heavy atom. The molecule has 0 saturated carbocycles. The van der Waals surface area contributed by atoms with Gasteiger partial charge in [0.05, 0.1) is 29.2 Å². The largest absolute Gasteiger partial charge is 0.359 e. The van der Waals surface area contributed by atoms with Crippen LogP contribution in [0.4, 0.5) is 0 Å². The number of nitrogens with zero attached hydrogens (tertiary/aromatic N) is 3. The predicted octanol–water partition coefficient (Wildman–Crippen LogP) is -0.0182. The molecule has 25 heavy (non-hydrogen) atoms. The van der Waals surface area contributed by atoms with Gasteiger partial charge in [0, 0.05) is 38.5 Å². The predicted molar refractivity (Wildman–Crippen MR) is 89.7 cm³/mol. The van der Waals surface area contributed by atoms with E-state index in [1.54, 1.807) is 29.1 Å². The number of carbonyl (C=O) groups excluding carboxylic acids is 3. The van der Waals surface area contributed by atoms with E-state index in [1.807, 2.05) is 12.1 Å². The molecule has 3 amide bonds. The Morgan fingerprint density at radius 3 is 2.84 bits per heavy atom. The van der Waals surface area contributed by atoms with E-state index in [1.165, 1.54) is 0 Å². The topological polar surface area (TPSA) is 98.4 Å². The van der Waals surface area contributed by atoms with Gasteiger partial charge in [-0.1, -0.05) is 12.1 Å². The molecule has 2 aromatic rings. The first-order chi connectivity index (χ1) is 12.1. The maximum Gasteiger partial charge on any atom is 0.256 e. The number of amides is 3. The summed E-state index contributed by atoms with van der Waals surface area (Å²) < 4.78 is 0. The van der Waals surface area contributed by atoms with E-state index in [0.717, 1.165) is 10.9 Å². The zero-order valence-electron chi connectivity index (χ0n) is 13.9. The van der Waals surface area contributed by atoms with Crippen LogP contribution in [0.2, 0.25) is 0 Å². The molecule has 0 radical (unpaired) electrons. The molecule has 8 nitrogen and oxygen atoms in total. The van der Waals surface area contributed by atoms with Crippen LogP contribution in [0.1, 0.15) is 16.8 Å². The lowest BCUT2D eigenvalue weighted by Gasteiger charge is -2.44. The van der Waals surface area contributed by atoms with Crippen molar-refractivity contribution in [2.45, 2.75) is 12.5 Å². The van der Waals surface area contributed by atoms with Crippen LogP contribution in [-0.4, -0.2) is 70.4 Å². The number of nitrogens with one attached hydrogen (secondary N) is 2. The highest BCUT2D eigenvalue weighted by Gasteiger charge is 2.43. The van der Waals surface area contributed by atoms with Gasteiger partial charge >= 0.3 is 0 Å². The van der Waals surface area contributed by atoms with Gasteiger partial charge < -0.3 is 15.1 Å². The molecular formula is C17H19N5O3. The molecule has 2 N–H and O–H groups in total. The zero-order chi connectivity index (χ0) is 17.6. The maximum atomic E-state index is 12.7. The van der Waals surface area contributed by atoms with E-state index in [0.29, 0.717) is 25.2 Å². The lowest BCUT2D eigenvalue weighted by molar-refractivity contribution is -0.132. The van der Waals surface area contributed by atoms with E-state index in [4.69, 9.17) is 0 Å². The molecule has 3 heterocycles. The molecule has 0 spiro atoms. The van der Waals surface area contributed by atoms with Gasteiger partial charge in [0.2, 0.25) is 11.8 Å². The summed E-state index contributed by atoms with van der Waals surface area (Å²) in [6.45, 7) is 1.42. The van der Waals surface area contributed by atoms with Crippen LogP contribution in [0.15, 0.2) is 24.4 Å². The molecule has 0 bridgehead atoms. The van der Waals surface area contributed by atoms with Crippen molar-refractivity contribution in [1.82, 2.24) is 25.3 Å². The Balaban J connectivity index is 1.42. The number of para-hydroxylation sites is 1. The summed E-state index contributed by atoms with van der Waals surface area (Å²) in [6.07, 6.45) is 1.93. The van der Waals surface area contributed by atoms with Crippen molar-refractivity contribution in [3.05, 3.63) is 30.0 Å². The molecule has 4 rings (SSSR count). The Labute approximate surface area is 144 Å². The molecule has 1 aromatic carbocycles. The first-order valence-corrected chi connectivity index (χ1v) is 8.31. The van der Waals surface area contributed by atoms with Gasteiger partial charge in [0.25, 0.3) is 5.91 Å². The van der Waals surface area contributed by atoms with E-state index >= 15 is 0 Å². The molecule has 2 aliphatic heterocycles. The van der Waals surface area contributed by atoms with Crippen molar-refractivity contribution in [2.75, 3.05) is 26.7 Å². The Hall–Kier alpha value is -2.90. The minimum Gasteiger partial charge on any atom is -0.359 e.